The van der Waals surface area contributed by atoms with Gasteiger partial charge in [-0.3, -0.25) is 0 Å². The zero-order valence-corrected chi connectivity index (χ0v) is 19.2. The van der Waals surface area contributed by atoms with Crippen molar-refractivity contribution in [3.8, 4) is 11.3 Å². The average Bonchev–Trinajstić information content (AvgIpc) is 3.43. The van der Waals surface area contributed by atoms with Crippen LogP contribution < -0.4 is 11.1 Å². The van der Waals surface area contributed by atoms with Gasteiger partial charge in [0.2, 0.25) is 5.95 Å². The van der Waals surface area contributed by atoms with E-state index in [1.54, 1.807) is 36.0 Å². The number of hydrogen-bond acceptors (Lipinski definition) is 8. The van der Waals surface area contributed by atoms with E-state index in [1.165, 1.54) is 19.3 Å². The topological polar surface area (TPSA) is 132 Å². The molecule has 0 aromatic carbocycles. The summed E-state index contributed by atoms with van der Waals surface area (Å²) in [4.78, 5) is 8.62. The molecule has 4 heterocycles. The van der Waals surface area contributed by atoms with Gasteiger partial charge in [-0.15, -0.1) is 10.2 Å². The van der Waals surface area contributed by atoms with E-state index in [-0.39, 0.29) is 11.5 Å². The average molecular weight is 474 g/mol. The number of anilines is 2. The van der Waals surface area contributed by atoms with E-state index in [9.17, 15) is 13.9 Å². The Bertz CT molecular complexity index is 1260. The SMILES string of the molecule is CCC1(O)CCCCC1.CNc1nc(N)nn2ccc(-c3ccc4nnn(CC(F)F)c4n3)c12. The maximum Gasteiger partial charge on any atom is 0.258 e. The highest BCUT2D eigenvalue weighted by Crippen LogP contribution is 2.30. The molecule has 1 fully saturated rings. The first kappa shape index (κ1) is 23.7. The number of aliphatic hydroxyl groups is 1. The number of nitrogens with zero attached hydrogens (tertiary/aromatic N) is 7. The minimum atomic E-state index is -2.54. The number of nitrogens with two attached hydrogens (primary N) is 1. The molecule has 0 bridgehead atoms. The van der Waals surface area contributed by atoms with Crippen molar-refractivity contribution in [1.29, 1.82) is 0 Å². The molecular weight excluding hydrogens is 444 g/mol. The van der Waals surface area contributed by atoms with Crippen LogP contribution in [0.3, 0.4) is 0 Å². The van der Waals surface area contributed by atoms with Crippen LogP contribution in [0.5, 0.6) is 0 Å². The Morgan fingerprint density at radius 1 is 1.18 bits per heavy atom. The van der Waals surface area contributed by atoms with E-state index >= 15 is 0 Å². The van der Waals surface area contributed by atoms with Crippen molar-refractivity contribution in [3.05, 3.63) is 24.4 Å². The molecule has 34 heavy (non-hydrogen) atoms. The van der Waals surface area contributed by atoms with Crippen LogP contribution in [-0.4, -0.2) is 58.8 Å². The van der Waals surface area contributed by atoms with Crippen molar-refractivity contribution in [2.45, 2.75) is 64.0 Å². The summed E-state index contributed by atoms with van der Waals surface area (Å²) in [6.45, 7) is 1.51. The van der Waals surface area contributed by atoms with E-state index in [2.05, 4.69) is 37.6 Å². The minimum Gasteiger partial charge on any atom is -0.390 e. The Morgan fingerprint density at radius 3 is 2.59 bits per heavy atom. The van der Waals surface area contributed by atoms with E-state index in [0.29, 0.717) is 28.2 Å². The molecule has 5 rings (SSSR count). The van der Waals surface area contributed by atoms with Crippen molar-refractivity contribution >= 4 is 28.4 Å². The summed E-state index contributed by atoms with van der Waals surface area (Å²) in [7, 11) is 1.72. The molecule has 12 heteroatoms. The minimum absolute atomic E-state index is 0.127. The number of hydrogen-bond donors (Lipinski definition) is 3. The molecular formula is C22H29F2N9O. The Balaban J connectivity index is 0.000000257. The molecule has 4 N–H and O–H groups in total. The predicted molar refractivity (Wildman–Crippen MR) is 126 cm³/mol. The maximum absolute atomic E-state index is 12.7. The van der Waals surface area contributed by atoms with E-state index < -0.39 is 13.0 Å². The van der Waals surface area contributed by atoms with E-state index in [4.69, 9.17) is 5.73 Å². The highest BCUT2D eigenvalue weighted by Gasteiger charge is 2.26. The largest absolute Gasteiger partial charge is 0.390 e. The summed E-state index contributed by atoms with van der Waals surface area (Å²) in [6.07, 6.45) is 5.96. The van der Waals surface area contributed by atoms with Crippen LogP contribution in [0.4, 0.5) is 20.5 Å². The van der Waals surface area contributed by atoms with Crippen molar-refractivity contribution in [2.24, 2.45) is 0 Å². The number of halogens is 2. The van der Waals surface area contributed by atoms with Crippen molar-refractivity contribution in [1.82, 2.24) is 34.6 Å². The van der Waals surface area contributed by atoms with Crippen LogP contribution in [0.1, 0.15) is 45.4 Å². The molecule has 0 radical (unpaired) electrons. The summed E-state index contributed by atoms with van der Waals surface area (Å²) < 4.78 is 28.1. The van der Waals surface area contributed by atoms with E-state index in [1.807, 2.05) is 0 Å². The lowest BCUT2D eigenvalue weighted by Crippen LogP contribution is -2.29. The summed E-state index contributed by atoms with van der Waals surface area (Å²) in [5, 5.41) is 24.4. The summed E-state index contributed by atoms with van der Waals surface area (Å²) in [5.74, 6) is 0.662. The van der Waals surface area contributed by atoms with Gasteiger partial charge in [0.05, 0.1) is 11.3 Å². The number of rotatable bonds is 5. The highest BCUT2D eigenvalue weighted by molar-refractivity contribution is 5.89. The molecule has 4 aromatic rings. The smallest absolute Gasteiger partial charge is 0.258 e. The van der Waals surface area contributed by atoms with Crippen molar-refractivity contribution in [2.75, 3.05) is 18.1 Å². The molecule has 1 aliphatic carbocycles. The standard InChI is InChI=1S/C14H13F2N9.C8H16O/c1-18-12-11-7(4-5-24(11)22-14(17)20-12)8-2-3-9-13(19-8)25(23-21-9)6-10(15)16;1-2-8(9)6-4-3-5-7-8/h2-5,10H,6H2,1H3,(H3,17,18,20,22);9H,2-7H2,1H3. The number of nitrogens with one attached hydrogen (secondary N) is 1. The summed E-state index contributed by atoms with van der Waals surface area (Å²) >= 11 is 0. The molecule has 1 saturated carbocycles. The second kappa shape index (κ2) is 9.84. The Labute approximate surface area is 195 Å². The number of nitrogen functional groups attached to an aromatic ring is 1. The zero-order valence-electron chi connectivity index (χ0n) is 19.2. The molecule has 0 saturated heterocycles. The van der Waals surface area contributed by atoms with Crippen LogP contribution >= 0.6 is 0 Å². The van der Waals surface area contributed by atoms with Gasteiger partial charge in [0.15, 0.2) is 11.5 Å². The third-order valence-corrected chi connectivity index (χ3v) is 6.15. The first-order valence-electron chi connectivity index (χ1n) is 11.4. The number of alkyl halides is 2. The first-order valence-corrected chi connectivity index (χ1v) is 11.4. The van der Waals surface area contributed by atoms with Gasteiger partial charge in [-0.2, -0.15) is 4.98 Å². The Hall–Kier alpha value is -3.41. The molecule has 1 aliphatic rings. The molecule has 4 aromatic heterocycles. The number of pyridine rings is 1. The quantitative estimate of drug-likeness (QED) is 0.401. The van der Waals surface area contributed by atoms with Crippen LogP contribution in [0.25, 0.3) is 27.9 Å². The van der Waals surface area contributed by atoms with Crippen LogP contribution in [0.15, 0.2) is 24.4 Å². The third kappa shape index (κ3) is 4.91. The second-order valence-electron chi connectivity index (χ2n) is 8.43. The van der Waals surface area contributed by atoms with Crippen molar-refractivity contribution in [3.63, 3.8) is 0 Å². The molecule has 10 nitrogen and oxygen atoms in total. The van der Waals surface area contributed by atoms with Gasteiger partial charge in [0.1, 0.15) is 17.6 Å². The van der Waals surface area contributed by atoms with Gasteiger partial charge in [0, 0.05) is 18.8 Å². The zero-order chi connectivity index (χ0) is 24.3. The number of fused-ring (bicyclic) bond motifs is 2. The summed E-state index contributed by atoms with van der Waals surface area (Å²) in [5.41, 5.74) is 8.12. The first-order chi connectivity index (χ1) is 16.3. The number of aromatic nitrogens is 7. The normalized spacial score (nSPS) is 15.5. The van der Waals surface area contributed by atoms with Crippen LogP contribution in [0.2, 0.25) is 0 Å². The molecule has 0 atom stereocenters. The van der Waals surface area contributed by atoms with Gasteiger partial charge >= 0.3 is 0 Å². The maximum atomic E-state index is 12.7. The monoisotopic (exact) mass is 473 g/mol. The van der Waals surface area contributed by atoms with E-state index in [0.717, 1.165) is 29.5 Å². The predicted octanol–water partition coefficient (Wildman–Crippen LogP) is 3.52. The van der Waals surface area contributed by atoms with Crippen LogP contribution in [-0.2, 0) is 6.54 Å². The van der Waals surface area contributed by atoms with Gasteiger partial charge < -0.3 is 16.2 Å². The molecule has 182 valence electrons. The molecule has 0 amide bonds. The van der Waals surface area contributed by atoms with Crippen LogP contribution in [0, 0.1) is 0 Å². The van der Waals surface area contributed by atoms with Gasteiger partial charge in [0.25, 0.3) is 6.43 Å². The fraction of sp³-hybridized carbons (Fsp3) is 0.500. The Morgan fingerprint density at radius 2 is 1.94 bits per heavy atom. The molecule has 0 aliphatic heterocycles. The van der Waals surface area contributed by atoms with Gasteiger partial charge in [-0.05, 0) is 37.5 Å². The lowest BCUT2D eigenvalue weighted by molar-refractivity contribution is 0.000670. The second-order valence-corrected chi connectivity index (χ2v) is 8.43. The highest BCUT2D eigenvalue weighted by atomic mass is 19.3. The van der Waals surface area contributed by atoms with Gasteiger partial charge in [-0.1, -0.05) is 31.4 Å². The molecule has 0 unspecified atom stereocenters. The lowest BCUT2D eigenvalue weighted by atomic mass is 9.83. The fourth-order valence-electron chi connectivity index (χ4n) is 4.24. The van der Waals surface area contributed by atoms with Crippen molar-refractivity contribution < 1.29 is 13.9 Å². The lowest BCUT2D eigenvalue weighted by Gasteiger charge is -2.30. The fourth-order valence-corrected chi connectivity index (χ4v) is 4.24. The third-order valence-electron chi connectivity index (χ3n) is 6.15. The summed E-state index contributed by atoms with van der Waals surface area (Å²) in [6, 6.07) is 5.24. The molecule has 0 spiro atoms. The Kier molecular flexibility index (Phi) is 6.87. The van der Waals surface area contributed by atoms with Gasteiger partial charge in [-0.25, -0.2) is 23.0 Å².